The molecule has 3 fully saturated rings. The van der Waals surface area contributed by atoms with Gasteiger partial charge in [0.05, 0.1) is 12.2 Å². The summed E-state index contributed by atoms with van der Waals surface area (Å²) in [5, 5.41) is 10.3. The van der Waals surface area contributed by atoms with Crippen LogP contribution in [0.3, 0.4) is 0 Å². The third-order valence-corrected chi connectivity index (χ3v) is 6.62. The monoisotopic (exact) mass is 401 g/mol. The molecular formula is C23H35N3O3. The van der Waals surface area contributed by atoms with Crippen molar-refractivity contribution in [3.8, 4) is 0 Å². The molecule has 3 saturated heterocycles. The number of amides is 1. The smallest absolute Gasteiger partial charge is 0.254 e. The molecule has 0 radical (unpaired) electrons. The molecule has 1 amide bonds. The molecule has 1 aromatic rings. The molecule has 6 nitrogen and oxygen atoms in total. The number of carbonyl (C=O) groups excluding carboxylic acids is 1. The average molecular weight is 402 g/mol. The van der Waals surface area contributed by atoms with Crippen molar-refractivity contribution in [3.63, 3.8) is 0 Å². The molecule has 3 aliphatic heterocycles. The fraction of sp³-hybridized carbons (Fsp3) is 0.696. The number of ether oxygens (including phenoxy) is 1. The minimum Gasteiger partial charge on any atom is -0.390 e. The number of piperazine rings is 1. The SMILES string of the molecule is O=C([C@H]1O[C@H](CCN2CCN(Cc3ccccc3)CC2)CC[C@@H]1O)N1CCCC1. The van der Waals surface area contributed by atoms with Gasteiger partial charge in [0.15, 0.2) is 6.10 Å². The Morgan fingerprint density at radius 2 is 1.66 bits per heavy atom. The van der Waals surface area contributed by atoms with Crippen molar-refractivity contribution in [2.75, 3.05) is 45.8 Å². The third kappa shape index (κ3) is 5.57. The number of hydrogen-bond acceptors (Lipinski definition) is 5. The van der Waals surface area contributed by atoms with Crippen LogP contribution in [0.1, 0.15) is 37.7 Å². The third-order valence-electron chi connectivity index (χ3n) is 6.62. The van der Waals surface area contributed by atoms with Crippen LogP contribution in [0.4, 0.5) is 0 Å². The molecule has 1 aromatic carbocycles. The molecule has 0 spiro atoms. The van der Waals surface area contributed by atoms with Crippen LogP contribution in [0.2, 0.25) is 0 Å². The van der Waals surface area contributed by atoms with Crippen LogP contribution in [-0.2, 0) is 16.1 Å². The van der Waals surface area contributed by atoms with Gasteiger partial charge in [0.1, 0.15) is 0 Å². The van der Waals surface area contributed by atoms with E-state index in [4.69, 9.17) is 4.74 Å². The summed E-state index contributed by atoms with van der Waals surface area (Å²) in [5.41, 5.74) is 1.38. The Hall–Kier alpha value is -1.47. The second kappa shape index (κ2) is 10.0. The van der Waals surface area contributed by atoms with Gasteiger partial charge in [0.25, 0.3) is 5.91 Å². The van der Waals surface area contributed by atoms with E-state index in [-0.39, 0.29) is 12.0 Å². The number of likely N-dealkylation sites (tertiary alicyclic amines) is 1. The first-order valence-electron chi connectivity index (χ1n) is 11.3. The molecule has 0 aromatic heterocycles. The first-order chi connectivity index (χ1) is 14.2. The van der Waals surface area contributed by atoms with Crippen molar-refractivity contribution in [1.29, 1.82) is 0 Å². The van der Waals surface area contributed by atoms with E-state index in [0.717, 1.165) is 78.0 Å². The summed E-state index contributed by atoms with van der Waals surface area (Å²) in [7, 11) is 0. The summed E-state index contributed by atoms with van der Waals surface area (Å²) in [4.78, 5) is 19.6. The highest BCUT2D eigenvalue weighted by atomic mass is 16.5. The van der Waals surface area contributed by atoms with E-state index in [9.17, 15) is 9.90 Å². The quantitative estimate of drug-likeness (QED) is 0.787. The van der Waals surface area contributed by atoms with Gasteiger partial charge in [-0.25, -0.2) is 0 Å². The van der Waals surface area contributed by atoms with Gasteiger partial charge in [-0.05, 0) is 37.7 Å². The minimum atomic E-state index is -0.658. The van der Waals surface area contributed by atoms with Crippen molar-refractivity contribution in [3.05, 3.63) is 35.9 Å². The molecule has 3 aliphatic rings. The summed E-state index contributed by atoms with van der Waals surface area (Å²) in [6.07, 6.45) is 3.35. The Bertz CT molecular complexity index is 642. The Morgan fingerprint density at radius 3 is 2.38 bits per heavy atom. The molecule has 0 aliphatic carbocycles. The predicted octanol–water partition coefficient (Wildman–Crippen LogP) is 1.73. The topological polar surface area (TPSA) is 56.3 Å². The summed E-state index contributed by atoms with van der Waals surface area (Å²) in [5.74, 6) is -0.00535. The van der Waals surface area contributed by atoms with Gasteiger partial charge in [-0.3, -0.25) is 9.69 Å². The van der Waals surface area contributed by atoms with Crippen LogP contribution in [0, 0.1) is 0 Å². The second-order valence-electron chi connectivity index (χ2n) is 8.75. The van der Waals surface area contributed by atoms with Crippen LogP contribution in [0.5, 0.6) is 0 Å². The van der Waals surface area contributed by atoms with Gasteiger partial charge in [-0.2, -0.15) is 0 Å². The maximum atomic E-state index is 12.7. The predicted molar refractivity (Wildman–Crippen MR) is 112 cm³/mol. The van der Waals surface area contributed by atoms with Gasteiger partial charge < -0.3 is 19.6 Å². The zero-order valence-electron chi connectivity index (χ0n) is 17.4. The van der Waals surface area contributed by atoms with Crippen LogP contribution in [0.15, 0.2) is 30.3 Å². The molecule has 3 atom stereocenters. The first-order valence-corrected chi connectivity index (χ1v) is 11.3. The highest BCUT2D eigenvalue weighted by Crippen LogP contribution is 2.25. The highest BCUT2D eigenvalue weighted by Gasteiger charge is 2.38. The van der Waals surface area contributed by atoms with Crippen molar-refractivity contribution in [2.24, 2.45) is 0 Å². The van der Waals surface area contributed by atoms with Crippen molar-refractivity contribution < 1.29 is 14.6 Å². The largest absolute Gasteiger partial charge is 0.390 e. The zero-order chi connectivity index (χ0) is 20.1. The maximum Gasteiger partial charge on any atom is 0.254 e. The molecule has 0 bridgehead atoms. The summed E-state index contributed by atoms with van der Waals surface area (Å²) in [6, 6.07) is 10.7. The number of carbonyl (C=O) groups is 1. The van der Waals surface area contributed by atoms with E-state index in [1.165, 1.54) is 5.56 Å². The lowest BCUT2D eigenvalue weighted by molar-refractivity contribution is -0.167. The molecule has 0 unspecified atom stereocenters. The Labute approximate surface area is 174 Å². The van der Waals surface area contributed by atoms with Crippen LogP contribution >= 0.6 is 0 Å². The lowest BCUT2D eigenvalue weighted by Gasteiger charge is -2.38. The van der Waals surface area contributed by atoms with Crippen LogP contribution in [-0.4, -0.2) is 89.8 Å². The van der Waals surface area contributed by atoms with E-state index < -0.39 is 12.2 Å². The zero-order valence-corrected chi connectivity index (χ0v) is 17.4. The minimum absolute atomic E-state index is 0.00535. The number of rotatable bonds is 6. The van der Waals surface area contributed by atoms with Crippen LogP contribution in [0.25, 0.3) is 0 Å². The van der Waals surface area contributed by atoms with Gasteiger partial charge in [-0.15, -0.1) is 0 Å². The van der Waals surface area contributed by atoms with E-state index in [2.05, 4.69) is 40.1 Å². The molecular weight excluding hydrogens is 366 g/mol. The molecule has 160 valence electrons. The van der Waals surface area contributed by atoms with Gasteiger partial charge in [-0.1, -0.05) is 30.3 Å². The second-order valence-corrected chi connectivity index (χ2v) is 8.75. The number of aliphatic hydroxyl groups excluding tert-OH is 1. The first kappa shape index (κ1) is 20.8. The van der Waals surface area contributed by atoms with E-state index in [1.54, 1.807) is 0 Å². The summed E-state index contributed by atoms with van der Waals surface area (Å²) >= 11 is 0. The Morgan fingerprint density at radius 1 is 0.966 bits per heavy atom. The lowest BCUT2D eigenvalue weighted by atomic mass is 9.98. The molecule has 4 rings (SSSR count). The highest BCUT2D eigenvalue weighted by molar-refractivity contribution is 5.82. The normalized spacial score (nSPS) is 29.3. The number of hydrogen-bond donors (Lipinski definition) is 1. The van der Waals surface area contributed by atoms with Crippen molar-refractivity contribution in [1.82, 2.24) is 14.7 Å². The van der Waals surface area contributed by atoms with E-state index in [0.29, 0.717) is 6.42 Å². The van der Waals surface area contributed by atoms with Gasteiger partial charge >= 0.3 is 0 Å². The molecule has 29 heavy (non-hydrogen) atoms. The molecule has 1 N–H and O–H groups in total. The summed E-state index contributed by atoms with van der Waals surface area (Å²) in [6.45, 7) is 8.00. The summed E-state index contributed by atoms with van der Waals surface area (Å²) < 4.78 is 6.09. The fourth-order valence-electron chi connectivity index (χ4n) is 4.77. The number of nitrogens with zero attached hydrogens (tertiary/aromatic N) is 3. The number of aliphatic hydroxyl groups is 1. The van der Waals surface area contributed by atoms with E-state index in [1.807, 2.05) is 4.90 Å². The average Bonchev–Trinajstić information content (AvgIpc) is 3.29. The standard InChI is InChI=1S/C23H35N3O3/c27-21-9-8-20(29-22(21)23(28)26-11-4-5-12-26)10-13-24-14-16-25(17-15-24)18-19-6-2-1-3-7-19/h1-3,6-7,20-22,27H,4-5,8-18H2/t20-,21-,22-/m0/s1. The van der Waals surface area contributed by atoms with Crippen LogP contribution < -0.4 is 0 Å². The molecule has 0 saturated carbocycles. The van der Waals surface area contributed by atoms with E-state index >= 15 is 0 Å². The van der Waals surface area contributed by atoms with Crippen molar-refractivity contribution >= 4 is 5.91 Å². The Balaban J connectivity index is 1.19. The van der Waals surface area contributed by atoms with Crippen molar-refractivity contribution in [2.45, 2.75) is 57.0 Å². The maximum absolute atomic E-state index is 12.7. The lowest BCUT2D eigenvalue weighted by Crippen LogP contribution is -2.51. The molecule has 6 heteroatoms. The van der Waals surface area contributed by atoms with Gasteiger partial charge in [0.2, 0.25) is 0 Å². The van der Waals surface area contributed by atoms with Gasteiger partial charge in [0, 0.05) is 52.4 Å². The fourth-order valence-corrected chi connectivity index (χ4v) is 4.77. The number of benzene rings is 1. The molecule has 3 heterocycles. The Kier molecular flexibility index (Phi) is 7.19.